The summed E-state index contributed by atoms with van der Waals surface area (Å²) in [6.45, 7) is 9.21. The van der Waals surface area contributed by atoms with Crippen LogP contribution in [0.4, 0.5) is 8.78 Å². The van der Waals surface area contributed by atoms with Crippen molar-refractivity contribution < 1.29 is 8.78 Å². The maximum absolute atomic E-state index is 12.6. The van der Waals surface area contributed by atoms with Gasteiger partial charge in [-0.15, -0.1) is 0 Å². The average molecular weight is 416 g/mol. The van der Waals surface area contributed by atoms with Gasteiger partial charge in [0.2, 0.25) is 0 Å². The second-order valence-electron chi connectivity index (χ2n) is 6.60. The lowest BCUT2D eigenvalue weighted by Gasteiger charge is -1.94. The number of hydrogen-bond acceptors (Lipinski definition) is 1. The number of rotatable bonds is 0. The van der Waals surface area contributed by atoms with Crippen molar-refractivity contribution in [3.05, 3.63) is 105 Å². The van der Waals surface area contributed by atoms with Gasteiger partial charge in [-0.2, -0.15) is 5.26 Å². The molecule has 0 bridgehead atoms. The van der Waals surface area contributed by atoms with Crippen molar-refractivity contribution in [1.82, 2.24) is 0 Å². The number of aryl methyl sites for hydroxylation is 5. The average Bonchev–Trinajstić information content (AvgIpc) is 2.63. The summed E-state index contributed by atoms with van der Waals surface area (Å²) in [5.74, 6) is -0.231. The Morgan fingerprint density at radius 2 is 1.07 bits per heavy atom. The summed E-state index contributed by atoms with van der Waals surface area (Å²) < 4.78 is 25.2. The van der Waals surface area contributed by atoms with Crippen LogP contribution in [0.25, 0.3) is 0 Å². The fourth-order valence-electron chi connectivity index (χ4n) is 2.11. The van der Waals surface area contributed by atoms with E-state index >= 15 is 0 Å². The Bertz CT molecular complexity index is 926. The van der Waals surface area contributed by atoms with Crippen LogP contribution in [0.1, 0.15) is 40.8 Å². The van der Waals surface area contributed by atoms with E-state index in [1.807, 2.05) is 45.0 Å². The van der Waals surface area contributed by atoms with Crippen molar-refractivity contribution in [2.45, 2.75) is 42.0 Å². The lowest BCUT2D eigenvalue weighted by Crippen LogP contribution is -1.81. The maximum atomic E-state index is 12.6. The van der Waals surface area contributed by atoms with Crippen molar-refractivity contribution in [2.24, 2.45) is 0 Å². The molecule has 0 fully saturated rings. The zero-order chi connectivity index (χ0) is 21.3. The molecule has 0 aliphatic carbocycles. The second kappa shape index (κ2) is 12.7. The van der Waals surface area contributed by atoms with E-state index < -0.39 is 0 Å². The molecule has 0 amide bonds. The molecule has 29 heavy (non-hydrogen) atoms. The van der Waals surface area contributed by atoms with Crippen molar-refractivity contribution in [3.8, 4) is 6.07 Å². The van der Waals surface area contributed by atoms with Gasteiger partial charge in [-0.1, -0.05) is 49.4 Å². The molecular formula is C25H28ClF2N. The minimum absolute atomic E-state index is 0. The molecular weight excluding hydrogens is 388 g/mol. The first-order valence-electron chi connectivity index (χ1n) is 8.75. The monoisotopic (exact) mass is 415 g/mol. The SMILES string of the molecule is C.Cc1ccc(C#N)c(Cl)c1.Cc1ccc(C)c(F)c1.Cc1ccc(C)c(F)c1. The van der Waals surface area contributed by atoms with Crippen LogP contribution in [-0.4, -0.2) is 0 Å². The number of nitriles is 1. The first-order valence-corrected chi connectivity index (χ1v) is 9.13. The van der Waals surface area contributed by atoms with Gasteiger partial charge in [0.1, 0.15) is 17.7 Å². The van der Waals surface area contributed by atoms with E-state index in [0.29, 0.717) is 21.7 Å². The molecule has 4 heteroatoms. The molecule has 3 aromatic carbocycles. The van der Waals surface area contributed by atoms with Gasteiger partial charge in [-0.05, 0) is 86.7 Å². The molecule has 154 valence electrons. The van der Waals surface area contributed by atoms with Crippen LogP contribution in [-0.2, 0) is 0 Å². The summed E-state index contributed by atoms with van der Waals surface area (Å²) in [7, 11) is 0. The highest BCUT2D eigenvalue weighted by Gasteiger charge is 1.96. The van der Waals surface area contributed by atoms with Crippen LogP contribution in [0, 0.1) is 57.6 Å². The summed E-state index contributed by atoms with van der Waals surface area (Å²) in [4.78, 5) is 0. The minimum atomic E-state index is -0.116. The normalized spacial score (nSPS) is 9.07. The Hall–Kier alpha value is -2.70. The lowest BCUT2D eigenvalue weighted by molar-refractivity contribution is 0.617. The molecule has 0 spiro atoms. The van der Waals surface area contributed by atoms with Crippen LogP contribution in [0.2, 0.25) is 5.02 Å². The summed E-state index contributed by atoms with van der Waals surface area (Å²) in [5.41, 5.74) is 4.97. The van der Waals surface area contributed by atoms with Crippen LogP contribution in [0.5, 0.6) is 0 Å². The predicted molar refractivity (Wildman–Crippen MR) is 119 cm³/mol. The Balaban J connectivity index is 0.000000399. The van der Waals surface area contributed by atoms with Gasteiger partial charge < -0.3 is 0 Å². The van der Waals surface area contributed by atoms with Crippen LogP contribution >= 0.6 is 11.6 Å². The molecule has 3 aromatic rings. The van der Waals surface area contributed by atoms with Crippen molar-refractivity contribution >= 4 is 11.6 Å². The van der Waals surface area contributed by atoms with E-state index in [0.717, 1.165) is 16.7 Å². The summed E-state index contributed by atoms with van der Waals surface area (Å²) in [6.07, 6.45) is 0. The van der Waals surface area contributed by atoms with E-state index in [1.54, 1.807) is 38.1 Å². The van der Waals surface area contributed by atoms with Gasteiger partial charge in [-0.25, -0.2) is 8.78 Å². The van der Waals surface area contributed by atoms with Crippen LogP contribution in [0.15, 0.2) is 54.6 Å². The predicted octanol–water partition coefficient (Wildman–Crippen LogP) is 8.04. The van der Waals surface area contributed by atoms with Gasteiger partial charge in [0.15, 0.2) is 0 Å². The van der Waals surface area contributed by atoms with E-state index in [-0.39, 0.29) is 19.1 Å². The smallest absolute Gasteiger partial charge is 0.126 e. The Morgan fingerprint density at radius 1 is 0.690 bits per heavy atom. The molecule has 0 aliphatic heterocycles. The lowest BCUT2D eigenvalue weighted by atomic mass is 10.2. The highest BCUT2D eigenvalue weighted by molar-refractivity contribution is 6.31. The van der Waals surface area contributed by atoms with Crippen LogP contribution in [0.3, 0.4) is 0 Å². The van der Waals surface area contributed by atoms with Crippen LogP contribution < -0.4 is 0 Å². The Kier molecular flexibility index (Phi) is 11.5. The zero-order valence-corrected chi connectivity index (χ0v) is 17.5. The van der Waals surface area contributed by atoms with Crippen molar-refractivity contribution in [1.29, 1.82) is 5.26 Å². The third-order valence-corrected chi connectivity index (χ3v) is 4.21. The molecule has 0 aromatic heterocycles. The molecule has 0 atom stereocenters. The number of hydrogen-bond donors (Lipinski definition) is 0. The summed E-state index contributed by atoms with van der Waals surface area (Å²) in [5, 5.41) is 9.00. The van der Waals surface area contributed by atoms with Gasteiger partial charge in [-0.3, -0.25) is 0 Å². The van der Waals surface area contributed by atoms with Gasteiger partial charge in [0, 0.05) is 0 Å². The number of benzene rings is 3. The molecule has 0 aliphatic rings. The quantitative estimate of drug-likeness (QED) is 0.364. The number of halogens is 3. The van der Waals surface area contributed by atoms with E-state index in [4.69, 9.17) is 16.9 Å². The molecule has 0 saturated carbocycles. The fraction of sp³-hybridized carbons (Fsp3) is 0.240. The summed E-state index contributed by atoms with van der Waals surface area (Å²) >= 11 is 5.71. The molecule has 0 saturated heterocycles. The molecule has 3 rings (SSSR count). The fourth-order valence-corrected chi connectivity index (χ4v) is 2.38. The van der Waals surface area contributed by atoms with Crippen molar-refractivity contribution in [2.75, 3.05) is 0 Å². The topological polar surface area (TPSA) is 23.8 Å². The highest BCUT2D eigenvalue weighted by Crippen LogP contribution is 2.15. The molecule has 1 nitrogen and oxygen atoms in total. The van der Waals surface area contributed by atoms with Gasteiger partial charge in [0.05, 0.1) is 10.6 Å². The third-order valence-electron chi connectivity index (χ3n) is 3.90. The molecule has 0 N–H and O–H groups in total. The second-order valence-corrected chi connectivity index (χ2v) is 7.01. The number of nitrogens with zero attached hydrogens (tertiary/aromatic N) is 1. The zero-order valence-electron chi connectivity index (χ0n) is 16.8. The van der Waals surface area contributed by atoms with E-state index in [1.165, 1.54) is 12.1 Å². The standard InChI is InChI=1S/C8H6ClN.2C8H9F.CH4/c1-6-2-3-7(5-10)8(9)4-6;2*1-6-3-4-7(2)8(9)5-6;/h2-4H,1H3;2*3-5H,1-2H3;1H4. The maximum Gasteiger partial charge on any atom is 0.126 e. The first kappa shape index (κ1) is 26.3. The van der Waals surface area contributed by atoms with Gasteiger partial charge in [0.25, 0.3) is 0 Å². The Labute approximate surface area is 178 Å². The first-order chi connectivity index (χ1) is 13.1. The Morgan fingerprint density at radius 3 is 1.38 bits per heavy atom. The largest absolute Gasteiger partial charge is 0.207 e. The van der Waals surface area contributed by atoms with Gasteiger partial charge >= 0.3 is 0 Å². The molecule has 0 heterocycles. The third kappa shape index (κ3) is 9.36. The molecule has 0 radical (unpaired) electrons. The molecule has 0 unspecified atom stereocenters. The van der Waals surface area contributed by atoms with E-state index in [2.05, 4.69) is 0 Å². The minimum Gasteiger partial charge on any atom is -0.207 e. The summed E-state index contributed by atoms with van der Waals surface area (Å²) in [6, 6.07) is 17.8. The highest BCUT2D eigenvalue weighted by atomic mass is 35.5. The van der Waals surface area contributed by atoms with E-state index in [9.17, 15) is 8.78 Å². The van der Waals surface area contributed by atoms with Crippen molar-refractivity contribution in [3.63, 3.8) is 0 Å².